The molecule has 0 N–H and O–H groups in total. The summed E-state index contributed by atoms with van der Waals surface area (Å²) in [4.78, 5) is 0. The summed E-state index contributed by atoms with van der Waals surface area (Å²) in [5.74, 6) is 0.599. The van der Waals surface area contributed by atoms with Crippen molar-refractivity contribution in [2.45, 2.75) is 39.0 Å². The summed E-state index contributed by atoms with van der Waals surface area (Å²) in [5.41, 5.74) is 7.41. The standard InChI is InChI=1S/C18H20/c1-13(2)15-8-3-9-16(12-15)18-11-5-7-14-6-4-10-17(14)18/h3,5,7-9,11-13H,4,6,10H2,1-2H3. The van der Waals surface area contributed by atoms with Crippen LogP contribution < -0.4 is 0 Å². The fourth-order valence-corrected chi connectivity index (χ4v) is 2.96. The molecule has 0 atom stereocenters. The van der Waals surface area contributed by atoms with E-state index in [0.717, 1.165) is 0 Å². The molecule has 1 aliphatic carbocycles. The maximum Gasteiger partial charge on any atom is -0.0149 e. The van der Waals surface area contributed by atoms with Crippen molar-refractivity contribution in [3.63, 3.8) is 0 Å². The van der Waals surface area contributed by atoms with Gasteiger partial charge in [0.05, 0.1) is 0 Å². The Morgan fingerprint density at radius 3 is 2.61 bits per heavy atom. The highest BCUT2D eigenvalue weighted by atomic mass is 14.2. The van der Waals surface area contributed by atoms with E-state index in [9.17, 15) is 0 Å². The number of benzene rings is 2. The van der Waals surface area contributed by atoms with E-state index in [4.69, 9.17) is 0 Å². The zero-order chi connectivity index (χ0) is 12.5. The van der Waals surface area contributed by atoms with Crippen molar-refractivity contribution in [3.05, 3.63) is 59.2 Å². The van der Waals surface area contributed by atoms with Crippen LogP contribution in [0.25, 0.3) is 11.1 Å². The van der Waals surface area contributed by atoms with Crippen LogP contribution in [0.5, 0.6) is 0 Å². The first-order chi connectivity index (χ1) is 8.75. The van der Waals surface area contributed by atoms with Crippen LogP contribution in [0, 0.1) is 0 Å². The molecular weight excluding hydrogens is 216 g/mol. The molecule has 0 radical (unpaired) electrons. The molecule has 0 nitrogen and oxygen atoms in total. The molecular formula is C18H20. The lowest BCUT2D eigenvalue weighted by Gasteiger charge is -2.11. The molecule has 0 saturated carbocycles. The number of hydrogen-bond acceptors (Lipinski definition) is 0. The predicted octanol–water partition coefficient (Wildman–Crippen LogP) is 4.97. The largest absolute Gasteiger partial charge is 0.0614 e. The van der Waals surface area contributed by atoms with Crippen LogP contribution in [-0.4, -0.2) is 0 Å². The number of fused-ring (bicyclic) bond motifs is 1. The van der Waals surface area contributed by atoms with Gasteiger partial charge < -0.3 is 0 Å². The molecule has 0 heterocycles. The van der Waals surface area contributed by atoms with Gasteiger partial charge in [0.2, 0.25) is 0 Å². The summed E-state index contributed by atoms with van der Waals surface area (Å²) >= 11 is 0. The van der Waals surface area contributed by atoms with Crippen LogP contribution in [0.15, 0.2) is 42.5 Å². The smallest absolute Gasteiger partial charge is 0.0149 e. The van der Waals surface area contributed by atoms with E-state index in [1.807, 2.05) is 0 Å². The Bertz CT molecular complexity index is 564. The zero-order valence-corrected chi connectivity index (χ0v) is 11.2. The Morgan fingerprint density at radius 2 is 1.78 bits per heavy atom. The van der Waals surface area contributed by atoms with Gasteiger partial charge in [-0.2, -0.15) is 0 Å². The molecule has 0 saturated heterocycles. The first-order valence-electron chi connectivity index (χ1n) is 6.97. The van der Waals surface area contributed by atoms with Gasteiger partial charge in [0.25, 0.3) is 0 Å². The van der Waals surface area contributed by atoms with E-state index in [2.05, 4.69) is 56.3 Å². The van der Waals surface area contributed by atoms with Crippen molar-refractivity contribution >= 4 is 0 Å². The first-order valence-corrected chi connectivity index (χ1v) is 6.97. The summed E-state index contributed by atoms with van der Waals surface area (Å²) in [6.45, 7) is 4.52. The minimum atomic E-state index is 0.599. The third-order valence-electron chi connectivity index (χ3n) is 4.01. The molecule has 0 spiro atoms. The SMILES string of the molecule is CC(C)c1cccc(-c2cccc3c2CCC3)c1. The number of aryl methyl sites for hydroxylation is 1. The summed E-state index contributed by atoms with van der Waals surface area (Å²) < 4.78 is 0. The monoisotopic (exact) mass is 236 g/mol. The van der Waals surface area contributed by atoms with Crippen molar-refractivity contribution < 1.29 is 0 Å². The van der Waals surface area contributed by atoms with Gasteiger partial charge in [-0.3, -0.25) is 0 Å². The maximum atomic E-state index is 2.36. The molecule has 0 heteroatoms. The van der Waals surface area contributed by atoms with Crippen LogP contribution in [0.3, 0.4) is 0 Å². The molecule has 0 fully saturated rings. The van der Waals surface area contributed by atoms with Crippen molar-refractivity contribution in [1.29, 1.82) is 0 Å². The average molecular weight is 236 g/mol. The normalized spacial score (nSPS) is 13.9. The Balaban J connectivity index is 2.10. The quantitative estimate of drug-likeness (QED) is 0.691. The Hall–Kier alpha value is -1.56. The lowest BCUT2D eigenvalue weighted by Crippen LogP contribution is -1.91. The highest BCUT2D eigenvalue weighted by Crippen LogP contribution is 2.33. The minimum absolute atomic E-state index is 0.599. The van der Waals surface area contributed by atoms with E-state index in [1.165, 1.54) is 36.0 Å². The van der Waals surface area contributed by atoms with Crippen LogP contribution in [0.1, 0.15) is 42.9 Å². The second-order valence-corrected chi connectivity index (χ2v) is 5.58. The molecule has 0 aliphatic heterocycles. The molecule has 2 aromatic carbocycles. The lowest BCUT2D eigenvalue weighted by atomic mass is 9.93. The molecule has 18 heavy (non-hydrogen) atoms. The number of rotatable bonds is 2. The summed E-state index contributed by atoms with van der Waals surface area (Å²) in [7, 11) is 0. The van der Waals surface area contributed by atoms with Gasteiger partial charge in [-0.25, -0.2) is 0 Å². The molecule has 0 aromatic heterocycles. The fourth-order valence-electron chi connectivity index (χ4n) is 2.96. The molecule has 3 rings (SSSR count). The fraction of sp³-hybridized carbons (Fsp3) is 0.333. The van der Waals surface area contributed by atoms with E-state index < -0.39 is 0 Å². The minimum Gasteiger partial charge on any atom is -0.0614 e. The topological polar surface area (TPSA) is 0 Å². The van der Waals surface area contributed by atoms with Gasteiger partial charge in [-0.15, -0.1) is 0 Å². The highest BCUT2D eigenvalue weighted by Gasteiger charge is 2.15. The number of hydrogen-bond donors (Lipinski definition) is 0. The third-order valence-corrected chi connectivity index (χ3v) is 4.01. The van der Waals surface area contributed by atoms with Gasteiger partial charge in [0.1, 0.15) is 0 Å². The second kappa shape index (κ2) is 4.61. The van der Waals surface area contributed by atoms with Gasteiger partial charge in [0.15, 0.2) is 0 Å². The van der Waals surface area contributed by atoms with Crippen LogP contribution in [0.2, 0.25) is 0 Å². The third kappa shape index (κ3) is 1.96. The second-order valence-electron chi connectivity index (χ2n) is 5.58. The summed E-state index contributed by atoms with van der Waals surface area (Å²) in [6, 6.07) is 15.8. The Kier molecular flexibility index (Phi) is 2.95. The Labute approximate surface area is 110 Å². The maximum absolute atomic E-state index is 2.36. The molecule has 0 amide bonds. The lowest BCUT2D eigenvalue weighted by molar-refractivity contribution is 0.867. The first kappa shape index (κ1) is 11.5. The highest BCUT2D eigenvalue weighted by molar-refractivity contribution is 5.70. The summed E-state index contributed by atoms with van der Waals surface area (Å²) in [5, 5.41) is 0. The molecule has 0 unspecified atom stereocenters. The van der Waals surface area contributed by atoms with Crippen LogP contribution in [-0.2, 0) is 12.8 Å². The van der Waals surface area contributed by atoms with Gasteiger partial charge in [0, 0.05) is 0 Å². The predicted molar refractivity (Wildman–Crippen MR) is 78.0 cm³/mol. The average Bonchev–Trinajstić information content (AvgIpc) is 2.87. The molecule has 0 bridgehead atoms. The van der Waals surface area contributed by atoms with E-state index in [1.54, 1.807) is 11.1 Å². The van der Waals surface area contributed by atoms with Crippen LogP contribution >= 0.6 is 0 Å². The zero-order valence-electron chi connectivity index (χ0n) is 11.2. The molecule has 92 valence electrons. The van der Waals surface area contributed by atoms with Gasteiger partial charge in [-0.1, -0.05) is 56.3 Å². The van der Waals surface area contributed by atoms with Crippen molar-refractivity contribution in [2.75, 3.05) is 0 Å². The van der Waals surface area contributed by atoms with E-state index in [-0.39, 0.29) is 0 Å². The summed E-state index contributed by atoms with van der Waals surface area (Å²) in [6.07, 6.45) is 3.82. The van der Waals surface area contributed by atoms with E-state index >= 15 is 0 Å². The van der Waals surface area contributed by atoms with Crippen LogP contribution in [0.4, 0.5) is 0 Å². The van der Waals surface area contributed by atoms with Gasteiger partial charge >= 0.3 is 0 Å². The van der Waals surface area contributed by atoms with Crippen molar-refractivity contribution in [3.8, 4) is 11.1 Å². The van der Waals surface area contributed by atoms with Crippen molar-refractivity contribution in [2.24, 2.45) is 0 Å². The van der Waals surface area contributed by atoms with Crippen molar-refractivity contribution in [1.82, 2.24) is 0 Å². The molecule has 1 aliphatic rings. The van der Waals surface area contributed by atoms with Gasteiger partial charge in [-0.05, 0) is 53.0 Å². The van der Waals surface area contributed by atoms with E-state index in [0.29, 0.717) is 5.92 Å². The molecule has 2 aromatic rings. The Morgan fingerprint density at radius 1 is 0.944 bits per heavy atom.